The lowest BCUT2D eigenvalue weighted by atomic mass is 10.0. The summed E-state index contributed by atoms with van der Waals surface area (Å²) < 4.78 is 37.9. The van der Waals surface area contributed by atoms with Crippen LogP contribution in [-0.2, 0) is 16.8 Å². The summed E-state index contributed by atoms with van der Waals surface area (Å²) in [5.41, 5.74) is 1.67. The highest BCUT2D eigenvalue weighted by molar-refractivity contribution is 7.87. The van der Waals surface area contributed by atoms with E-state index in [2.05, 4.69) is 14.7 Å². The van der Waals surface area contributed by atoms with Gasteiger partial charge < -0.3 is 4.98 Å². The molecule has 0 radical (unpaired) electrons. The number of rotatable bonds is 4. The highest BCUT2D eigenvalue weighted by Gasteiger charge is 2.10. The Hall–Kier alpha value is -2.62. The molecule has 0 unspecified atom stereocenters. The number of nitrogens with one attached hydrogen (secondary N) is 2. The number of nitrogens with zero attached hydrogens (tertiary/aromatic N) is 1. The summed E-state index contributed by atoms with van der Waals surface area (Å²) in [6, 6.07) is 9.06. The molecule has 0 saturated heterocycles. The van der Waals surface area contributed by atoms with Crippen molar-refractivity contribution in [1.82, 2.24) is 14.7 Å². The van der Waals surface area contributed by atoms with E-state index in [0.717, 1.165) is 5.56 Å². The topological polar surface area (TPSA) is 118 Å². The van der Waals surface area contributed by atoms with E-state index in [1.165, 1.54) is 24.4 Å². The van der Waals surface area contributed by atoms with Crippen LogP contribution in [0.3, 0.4) is 0 Å². The fourth-order valence-corrected chi connectivity index (χ4v) is 2.72. The van der Waals surface area contributed by atoms with Crippen LogP contribution in [0.2, 0.25) is 0 Å². The third-order valence-electron chi connectivity index (χ3n) is 3.45. The summed E-state index contributed by atoms with van der Waals surface area (Å²) >= 11 is 0. The lowest BCUT2D eigenvalue weighted by Crippen LogP contribution is -2.30. The van der Waals surface area contributed by atoms with Gasteiger partial charge in [0.25, 0.3) is 10.2 Å². The number of benzene rings is 1. The summed E-state index contributed by atoms with van der Waals surface area (Å²) in [7, 11) is -3.92. The zero-order chi connectivity index (χ0) is 17.3. The first-order chi connectivity index (χ1) is 11.3. The van der Waals surface area contributed by atoms with E-state index >= 15 is 0 Å². The van der Waals surface area contributed by atoms with Crippen molar-refractivity contribution in [2.45, 2.75) is 6.54 Å². The van der Waals surface area contributed by atoms with E-state index in [-0.39, 0.29) is 17.7 Å². The summed E-state index contributed by atoms with van der Waals surface area (Å²) in [4.78, 5) is 18.1. The van der Waals surface area contributed by atoms with Crippen molar-refractivity contribution in [2.75, 3.05) is 0 Å². The number of hydrogen-bond donors (Lipinski definition) is 3. The molecule has 0 bridgehead atoms. The summed E-state index contributed by atoms with van der Waals surface area (Å²) in [5.74, 6) is -0.554. The minimum absolute atomic E-state index is 0.149. The number of H-pyrrole nitrogens is 1. The Morgan fingerprint density at radius 1 is 1.21 bits per heavy atom. The molecule has 24 heavy (non-hydrogen) atoms. The Bertz CT molecular complexity index is 1080. The Morgan fingerprint density at radius 2 is 2.00 bits per heavy atom. The lowest BCUT2D eigenvalue weighted by Gasteiger charge is -2.09. The second-order valence-electron chi connectivity index (χ2n) is 5.12. The maximum atomic E-state index is 13.9. The maximum absolute atomic E-state index is 13.9. The Morgan fingerprint density at radius 3 is 2.75 bits per heavy atom. The first-order valence-corrected chi connectivity index (χ1v) is 8.42. The number of fused-ring (bicyclic) bond motifs is 1. The second-order valence-corrected chi connectivity index (χ2v) is 6.49. The zero-order valence-electron chi connectivity index (χ0n) is 12.3. The second kappa shape index (κ2) is 6.11. The van der Waals surface area contributed by atoms with Gasteiger partial charge in [0.2, 0.25) is 5.56 Å². The van der Waals surface area contributed by atoms with E-state index in [0.29, 0.717) is 16.6 Å². The first kappa shape index (κ1) is 16.2. The maximum Gasteiger partial charge on any atom is 0.274 e. The highest BCUT2D eigenvalue weighted by atomic mass is 32.2. The van der Waals surface area contributed by atoms with Gasteiger partial charge in [-0.25, -0.2) is 14.5 Å². The van der Waals surface area contributed by atoms with Gasteiger partial charge in [0.15, 0.2) is 0 Å². The minimum atomic E-state index is -3.92. The van der Waals surface area contributed by atoms with Gasteiger partial charge in [0, 0.05) is 29.8 Å². The summed E-state index contributed by atoms with van der Waals surface area (Å²) in [5, 5.41) is 5.56. The average molecular weight is 348 g/mol. The Balaban J connectivity index is 2.09. The molecule has 0 spiro atoms. The third-order valence-corrected chi connectivity index (χ3v) is 4.00. The number of hydrogen-bond acceptors (Lipinski definition) is 4. The van der Waals surface area contributed by atoms with Gasteiger partial charge in [0.1, 0.15) is 11.5 Å². The SMILES string of the molecule is NS(=O)(=O)NCc1cc(-c2ccnc3[nH]c(=O)ccc23)ccc1F. The zero-order valence-corrected chi connectivity index (χ0v) is 13.1. The molecule has 2 heterocycles. The average Bonchev–Trinajstić information content (AvgIpc) is 2.52. The molecular weight excluding hydrogens is 335 g/mol. The van der Waals surface area contributed by atoms with Crippen LogP contribution in [0.5, 0.6) is 0 Å². The van der Waals surface area contributed by atoms with Crippen LogP contribution in [0.1, 0.15) is 5.56 Å². The predicted molar refractivity (Wildman–Crippen MR) is 87.7 cm³/mol. The molecule has 1 aromatic carbocycles. The number of aromatic amines is 1. The Kier molecular flexibility index (Phi) is 4.14. The van der Waals surface area contributed by atoms with Gasteiger partial charge in [-0.1, -0.05) is 6.07 Å². The van der Waals surface area contributed by atoms with Gasteiger partial charge >= 0.3 is 0 Å². The molecule has 4 N–H and O–H groups in total. The van der Waals surface area contributed by atoms with Gasteiger partial charge in [-0.05, 0) is 35.4 Å². The minimum Gasteiger partial charge on any atom is -0.307 e. The molecule has 3 rings (SSSR count). The van der Waals surface area contributed by atoms with Crippen molar-refractivity contribution in [1.29, 1.82) is 0 Å². The van der Waals surface area contributed by atoms with Gasteiger partial charge in [-0.2, -0.15) is 13.1 Å². The van der Waals surface area contributed by atoms with Crippen LogP contribution in [0.15, 0.2) is 47.4 Å². The molecule has 124 valence electrons. The standard InChI is InChI=1S/C15H13FN4O3S/c16-13-3-1-9(7-10(13)8-19-24(17,22)23)11-5-6-18-15-12(11)2-4-14(21)20-15/h1-7,19H,8H2,(H2,17,22,23)(H,18,20,21). The lowest BCUT2D eigenvalue weighted by molar-refractivity contribution is 0.576. The number of halogens is 1. The molecule has 0 aliphatic carbocycles. The molecule has 7 nitrogen and oxygen atoms in total. The molecule has 0 fully saturated rings. The third kappa shape index (κ3) is 3.48. The first-order valence-electron chi connectivity index (χ1n) is 6.88. The van der Waals surface area contributed by atoms with E-state index in [4.69, 9.17) is 5.14 Å². The quantitative estimate of drug-likeness (QED) is 0.652. The van der Waals surface area contributed by atoms with Gasteiger partial charge in [0.05, 0.1) is 0 Å². The molecule has 3 aromatic rings. The monoisotopic (exact) mass is 348 g/mol. The molecule has 0 saturated carbocycles. The van der Waals surface area contributed by atoms with Crippen molar-refractivity contribution in [3.05, 3.63) is 64.3 Å². The molecule has 9 heteroatoms. The van der Waals surface area contributed by atoms with Crippen LogP contribution in [-0.4, -0.2) is 18.4 Å². The highest BCUT2D eigenvalue weighted by Crippen LogP contribution is 2.27. The van der Waals surface area contributed by atoms with Crippen LogP contribution >= 0.6 is 0 Å². The van der Waals surface area contributed by atoms with Crippen LogP contribution < -0.4 is 15.4 Å². The van der Waals surface area contributed by atoms with E-state index < -0.39 is 16.0 Å². The van der Waals surface area contributed by atoms with E-state index in [1.54, 1.807) is 18.2 Å². The van der Waals surface area contributed by atoms with Gasteiger partial charge in [-0.15, -0.1) is 0 Å². The van der Waals surface area contributed by atoms with Crippen LogP contribution in [0.4, 0.5) is 4.39 Å². The molecule has 2 aromatic heterocycles. The van der Waals surface area contributed by atoms with Crippen molar-refractivity contribution in [3.8, 4) is 11.1 Å². The van der Waals surface area contributed by atoms with E-state index in [9.17, 15) is 17.6 Å². The molecule has 0 aliphatic heterocycles. The van der Waals surface area contributed by atoms with Crippen molar-refractivity contribution in [3.63, 3.8) is 0 Å². The normalized spacial score (nSPS) is 11.8. The fraction of sp³-hybridized carbons (Fsp3) is 0.0667. The number of aromatic nitrogens is 2. The summed E-state index contributed by atoms with van der Waals surface area (Å²) in [6.45, 7) is -0.266. The smallest absolute Gasteiger partial charge is 0.274 e. The Labute approximate surface area is 136 Å². The molecule has 0 amide bonds. The molecular formula is C15H13FN4O3S. The molecule has 0 aliphatic rings. The number of pyridine rings is 2. The predicted octanol–water partition coefficient (Wildman–Crippen LogP) is 1.02. The molecule has 0 atom stereocenters. The van der Waals surface area contributed by atoms with Crippen LogP contribution in [0, 0.1) is 5.82 Å². The van der Waals surface area contributed by atoms with E-state index in [1.807, 2.05) is 0 Å². The number of nitrogens with two attached hydrogens (primary N) is 1. The van der Waals surface area contributed by atoms with Crippen molar-refractivity contribution >= 4 is 21.2 Å². The largest absolute Gasteiger partial charge is 0.307 e. The van der Waals surface area contributed by atoms with Crippen molar-refractivity contribution < 1.29 is 12.8 Å². The summed E-state index contributed by atoms with van der Waals surface area (Å²) in [6.07, 6.45) is 1.53. The fourth-order valence-electron chi connectivity index (χ4n) is 2.37. The van der Waals surface area contributed by atoms with Crippen LogP contribution in [0.25, 0.3) is 22.2 Å². The van der Waals surface area contributed by atoms with Gasteiger partial charge in [-0.3, -0.25) is 4.79 Å². The van der Waals surface area contributed by atoms with Crippen molar-refractivity contribution in [2.24, 2.45) is 5.14 Å².